The van der Waals surface area contributed by atoms with Crippen LogP contribution in [0.3, 0.4) is 0 Å². The van der Waals surface area contributed by atoms with Gasteiger partial charge in [-0.1, -0.05) is 20.8 Å². The third-order valence-electron chi connectivity index (χ3n) is 4.57. The number of hydrazone groups is 1. The average Bonchev–Trinajstić information content (AvgIpc) is 2.93. The third kappa shape index (κ3) is 3.34. The molecule has 0 bridgehead atoms. The minimum Gasteiger partial charge on any atom is -0.346 e. The summed E-state index contributed by atoms with van der Waals surface area (Å²) >= 11 is 0. The van der Waals surface area contributed by atoms with Crippen molar-refractivity contribution in [1.29, 1.82) is 0 Å². The van der Waals surface area contributed by atoms with Crippen LogP contribution in [0, 0.1) is 0 Å². The molecule has 0 aromatic carbocycles. The van der Waals surface area contributed by atoms with Crippen molar-refractivity contribution in [3.05, 3.63) is 17.7 Å². The van der Waals surface area contributed by atoms with Crippen LogP contribution < -0.4 is 5.32 Å². The number of nitrogens with zero attached hydrogens (tertiary/aromatic N) is 4. The molecule has 0 saturated heterocycles. The summed E-state index contributed by atoms with van der Waals surface area (Å²) in [6.07, 6.45) is 4.57. The molecule has 2 aliphatic rings. The van der Waals surface area contributed by atoms with Gasteiger partial charge < -0.3 is 9.88 Å². The molecule has 130 valence electrons. The van der Waals surface area contributed by atoms with E-state index in [-0.39, 0.29) is 23.3 Å². The molecule has 1 aromatic heterocycles. The molecule has 1 atom stereocenters. The summed E-state index contributed by atoms with van der Waals surface area (Å²) in [6, 6.07) is 0.0673. The molecule has 0 spiro atoms. The summed E-state index contributed by atoms with van der Waals surface area (Å²) in [5.74, 6) is 0.867. The fraction of sp³-hybridized carbons (Fsp3) is 0.647. The second-order valence-electron chi connectivity index (χ2n) is 7.62. The quantitative estimate of drug-likeness (QED) is 0.885. The second kappa shape index (κ2) is 6.03. The summed E-state index contributed by atoms with van der Waals surface area (Å²) in [6.45, 7) is 7.19. The highest BCUT2D eigenvalue weighted by atomic mass is 16.2. The second-order valence-corrected chi connectivity index (χ2v) is 7.62. The third-order valence-corrected chi connectivity index (χ3v) is 4.57. The lowest BCUT2D eigenvalue weighted by atomic mass is 9.93. The first-order valence-electron chi connectivity index (χ1n) is 8.45. The largest absolute Gasteiger partial charge is 0.346 e. The van der Waals surface area contributed by atoms with Gasteiger partial charge in [-0.3, -0.25) is 9.59 Å². The maximum atomic E-state index is 12.4. The lowest BCUT2D eigenvalue weighted by Gasteiger charge is -2.26. The molecule has 0 fully saturated rings. The number of carbonyl (C=O) groups is 2. The van der Waals surface area contributed by atoms with Gasteiger partial charge in [-0.2, -0.15) is 5.10 Å². The zero-order valence-electron chi connectivity index (χ0n) is 14.8. The highest BCUT2D eigenvalue weighted by Gasteiger charge is 2.27. The molecular formula is C17H25N5O2. The van der Waals surface area contributed by atoms with E-state index in [0.29, 0.717) is 18.6 Å². The number of rotatable bonds is 2. The van der Waals surface area contributed by atoms with E-state index in [1.165, 1.54) is 5.01 Å². The molecule has 7 nitrogen and oxygen atoms in total. The van der Waals surface area contributed by atoms with Crippen molar-refractivity contribution in [1.82, 2.24) is 19.9 Å². The van der Waals surface area contributed by atoms with E-state index in [1.807, 2.05) is 0 Å². The predicted molar refractivity (Wildman–Crippen MR) is 90.6 cm³/mol. The van der Waals surface area contributed by atoms with Crippen LogP contribution in [0.25, 0.3) is 0 Å². The summed E-state index contributed by atoms with van der Waals surface area (Å²) in [4.78, 5) is 28.6. The topological polar surface area (TPSA) is 79.6 Å². The molecule has 0 saturated carbocycles. The zero-order valence-corrected chi connectivity index (χ0v) is 14.8. The van der Waals surface area contributed by atoms with Crippen molar-refractivity contribution >= 4 is 17.5 Å². The number of hydrogen-bond donors (Lipinski definition) is 1. The van der Waals surface area contributed by atoms with E-state index in [9.17, 15) is 9.59 Å². The van der Waals surface area contributed by atoms with Crippen molar-refractivity contribution in [3.8, 4) is 0 Å². The van der Waals surface area contributed by atoms with Gasteiger partial charge in [0.15, 0.2) is 0 Å². The smallest absolute Gasteiger partial charge is 0.267 e. The Bertz CT molecular complexity index is 698. The van der Waals surface area contributed by atoms with Crippen molar-refractivity contribution in [2.75, 3.05) is 7.05 Å². The van der Waals surface area contributed by atoms with Gasteiger partial charge in [0.05, 0.1) is 5.69 Å². The van der Waals surface area contributed by atoms with Crippen LogP contribution in [0.15, 0.2) is 11.3 Å². The first-order chi connectivity index (χ1) is 11.2. The van der Waals surface area contributed by atoms with Crippen LogP contribution in [-0.4, -0.2) is 45.2 Å². The van der Waals surface area contributed by atoms with Crippen LogP contribution in [-0.2, 0) is 28.0 Å². The highest BCUT2D eigenvalue weighted by molar-refractivity contribution is 6.39. The van der Waals surface area contributed by atoms with Gasteiger partial charge in [0.25, 0.3) is 5.91 Å². The van der Waals surface area contributed by atoms with Gasteiger partial charge in [-0.05, 0) is 6.42 Å². The first kappa shape index (κ1) is 16.7. The predicted octanol–water partition coefficient (Wildman–Crippen LogP) is 1.22. The normalized spacial score (nSPS) is 21.3. The molecule has 2 aliphatic heterocycles. The highest BCUT2D eigenvalue weighted by Crippen LogP contribution is 2.24. The maximum Gasteiger partial charge on any atom is 0.267 e. The van der Waals surface area contributed by atoms with Crippen LogP contribution in [0.5, 0.6) is 0 Å². The number of hydrogen-bond acceptors (Lipinski definition) is 4. The number of fused-ring (bicyclic) bond motifs is 1. The SMILES string of the molecule is CN1N=C(C(=O)NC2CCc3nc(C(C)(C)C)cn3C2)CCC1=O. The van der Waals surface area contributed by atoms with Crippen molar-refractivity contribution < 1.29 is 9.59 Å². The summed E-state index contributed by atoms with van der Waals surface area (Å²) in [5.41, 5.74) is 1.54. The van der Waals surface area contributed by atoms with Crippen LogP contribution in [0.2, 0.25) is 0 Å². The first-order valence-corrected chi connectivity index (χ1v) is 8.45. The number of carbonyl (C=O) groups excluding carboxylic acids is 2. The monoisotopic (exact) mass is 331 g/mol. The molecule has 1 unspecified atom stereocenters. The van der Waals surface area contributed by atoms with E-state index in [2.05, 4.69) is 42.0 Å². The number of aromatic nitrogens is 2. The summed E-state index contributed by atoms with van der Waals surface area (Å²) < 4.78 is 2.15. The Morgan fingerprint density at radius 2 is 2.04 bits per heavy atom. The van der Waals surface area contributed by atoms with E-state index < -0.39 is 0 Å². The minimum atomic E-state index is -0.168. The van der Waals surface area contributed by atoms with Gasteiger partial charge >= 0.3 is 0 Å². The van der Waals surface area contributed by atoms with Gasteiger partial charge in [0, 0.05) is 50.5 Å². The van der Waals surface area contributed by atoms with Crippen LogP contribution in [0.4, 0.5) is 0 Å². The van der Waals surface area contributed by atoms with E-state index in [1.54, 1.807) is 7.05 Å². The van der Waals surface area contributed by atoms with E-state index in [0.717, 1.165) is 30.9 Å². The molecule has 2 amide bonds. The molecule has 7 heteroatoms. The Balaban J connectivity index is 1.66. The maximum absolute atomic E-state index is 12.4. The number of aryl methyl sites for hydroxylation is 1. The molecule has 24 heavy (non-hydrogen) atoms. The number of nitrogens with one attached hydrogen (secondary N) is 1. The molecule has 1 N–H and O–H groups in total. The van der Waals surface area contributed by atoms with Gasteiger partial charge in [-0.25, -0.2) is 9.99 Å². The zero-order chi connectivity index (χ0) is 17.5. The van der Waals surface area contributed by atoms with Crippen LogP contribution >= 0.6 is 0 Å². The lowest BCUT2D eigenvalue weighted by molar-refractivity contribution is -0.130. The lowest BCUT2D eigenvalue weighted by Crippen LogP contribution is -2.45. The molecule has 0 aliphatic carbocycles. The average molecular weight is 331 g/mol. The molecular weight excluding hydrogens is 306 g/mol. The van der Waals surface area contributed by atoms with Crippen LogP contribution in [0.1, 0.15) is 51.6 Å². The van der Waals surface area contributed by atoms with Crippen molar-refractivity contribution in [2.45, 2.75) is 64.5 Å². The van der Waals surface area contributed by atoms with Crippen molar-refractivity contribution in [2.24, 2.45) is 5.10 Å². The molecule has 3 heterocycles. The molecule has 0 radical (unpaired) electrons. The van der Waals surface area contributed by atoms with Gasteiger partial charge in [-0.15, -0.1) is 0 Å². The summed E-state index contributed by atoms with van der Waals surface area (Å²) in [5, 5.41) is 8.39. The van der Waals surface area contributed by atoms with Crippen molar-refractivity contribution in [3.63, 3.8) is 0 Å². The molecule has 3 rings (SSSR count). The Labute approximate surface area is 142 Å². The summed E-state index contributed by atoms with van der Waals surface area (Å²) in [7, 11) is 1.58. The van der Waals surface area contributed by atoms with Gasteiger partial charge in [0.1, 0.15) is 11.5 Å². The van der Waals surface area contributed by atoms with E-state index in [4.69, 9.17) is 4.98 Å². The minimum absolute atomic E-state index is 0.0248. The fourth-order valence-electron chi connectivity index (χ4n) is 3.02. The Morgan fingerprint density at radius 1 is 1.29 bits per heavy atom. The number of amides is 2. The Kier molecular flexibility index (Phi) is 4.19. The number of imidazole rings is 1. The Hall–Kier alpha value is -2.18. The standard InChI is InChI=1S/C17H25N5O2/c1-17(2,3)13-10-22-9-11(5-7-14(22)19-13)18-16(24)12-6-8-15(23)21(4)20-12/h10-11H,5-9H2,1-4H3,(H,18,24). The Morgan fingerprint density at radius 3 is 2.71 bits per heavy atom. The molecule has 1 aromatic rings. The van der Waals surface area contributed by atoms with Gasteiger partial charge in [0.2, 0.25) is 5.91 Å². The van der Waals surface area contributed by atoms with E-state index >= 15 is 0 Å². The fourth-order valence-corrected chi connectivity index (χ4v) is 3.02.